The highest BCUT2D eigenvalue weighted by Crippen LogP contribution is 2.28. The van der Waals surface area contributed by atoms with Crippen LogP contribution in [0.4, 0.5) is 11.4 Å². The second-order valence-electron chi connectivity index (χ2n) is 9.48. The molecule has 1 atom stereocenters. The molecule has 0 radical (unpaired) electrons. The lowest BCUT2D eigenvalue weighted by molar-refractivity contribution is -0.115. The van der Waals surface area contributed by atoms with Crippen LogP contribution >= 0.6 is 23.4 Å². The number of benzene rings is 4. The average molecular weight is 584 g/mol. The molecule has 3 N–H and O–H groups in total. The van der Waals surface area contributed by atoms with Crippen molar-refractivity contribution in [2.45, 2.75) is 30.9 Å². The smallest absolute Gasteiger partial charge is 0.272 e. The van der Waals surface area contributed by atoms with Gasteiger partial charge in [-0.25, -0.2) is 0 Å². The van der Waals surface area contributed by atoms with Crippen LogP contribution in [0.25, 0.3) is 6.08 Å². The summed E-state index contributed by atoms with van der Waals surface area (Å²) in [5.41, 5.74) is 4.51. The molecule has 41 heavy (non-hydrogen) atoms. The fraction of sp³-hybridized carbons (Fsp3) is 0.121. The van der Waals surface area contributed by atoms with Gasteiger partial charge in [-0.2, -0.15) is 0 Å². The van der Waals surface area contributed by atoms with E-state index in [9.17, 15) is 14.4 Å². The Morgan fingerprint density at radius 3 is 2.29 bits per heavy atom. The van der Waals surface area contributed by atoms with Gasteiger partial charge in [0.1, 0.15) is 5.70 Å². The van der Waals surface area contributed by atoms with E-state index in [0.717, 1.165) is 21.6 Å². The van der Waals surface area contributed by atoms with Crippen LogP contribution in [-0.2, 0) is 9.59 Å². The zero-order valence-electron chi connectivity index (χ0n) is 22.9. The van der Waals surface area contributed by atoms with Crippen LogP contribution in [0.15, 0.2) is 108 Å². The molecule has 0 bridgehead atoms. The lowest BCUT2D eigenvalue weighted by atomic mass is 10.1. The standard InChI is InChI=1S/C33H30ClN3O3S/c1-21-12-15-24(16-13-21)18-30(37-32(39)25-8-5-4-6-9-25)33(40)35-27-10-7-11-28(20-27)41-23(3)31(38)36-29-19-26(34)17-14-22(29)2/h4-20,23H,1-3H3,(H,35,40)(H,36,38)(H,37,39)/b30-18+. The van der Waals surface area contributed by atoms with E-state index in [4.69, 9.17) is 11.6 Å². The van der Waals surface area contributed by atoms with Gasteiger partial charge in [0.2, 0.25) is 5.91 Å². The first-order chi connectivity index (χ1) is 19.7. The van der Waals surface area contributed by atoms with E-state index in [2.05, 4.69) is 16.0 Å². The van der Waals surface area contributed by atoms with E-state index in [-0.39, 0.29) is 11.6 Å². The predicted octanol–water partition coefficient (Wildman–Crippen LogP) is 7.49. The van der Waals surface area contributed by atoms with E-state index < -0.39 is 17.1 Å². The first kappa shape index (κ1) is 29.6. The van der Waals surface area contributed by atoms with Crippen molar-refractivity contribution in [2.24, 2.45) is 0 Å². The fourth-order valence-electron chi connectivity index (χ4n) is 3.84. The molecule has 4 rings (SSSR count). The summed E-state index contributed by atoms with van der Waals surface area (Å²) in [4.78, 5) is 39.9. The lowest BCUT2D eigenvalue weighted by Crippen LogP contribution is -2.30. The Kier molecular flexibility index (Phi) is 10.0. The second-order valence-corrected chi connectivity index (χ2v) is 11.3. The molecule has 0 saturated heterocycles. The third-order valence-electron chi connectivity index (χ3n) is 6.15. The second kappa shape index (κ2) is 13.8. The third kappa shape index (κ3) is 8.58. The molecular weight excluding hydrogens is 554 g/mol. The number of carbonyl (C=O) groups is 3. The summed E-state index contributed by atoms with van der Waals surface area (Å²) in [6, 6.07) is 28.9. The quantitative estimate of drug-likeness (QED) is 0.141. The minimum absolute atomic E-state index is 0.102. The van der Waals surface area contributed by atoms with Gasteiger partial charge in [0.05, 0.1) is 5.25 Å². The van der Waals surface area contributed by atoms with Crippen molar-refractivity contribution in [3.8, 4) is 0 Å². The molecule has 0 aliphatic carbocycles. The molecule has 0 fully saturated rings. The summed E-state index contributed by atoms with van der Waals surface area (Å²) < 4.78 is 0. The van der Waals surface area contributed by atoms with Gasteiger partial charge in [0.15, 0.2) is 0 Å². The number of nitrogens with one attached hydrogen (secondary N) is 3. The van der Waals surface area contributed by atoms with Crippen LogP contribution in [-0.4, -0.2) is 23.0 Å². The van der Waals surface area contributed by atoms with Gasteiger partial charge in [-0.1, -0.05) is 71.8 Å². The Labute approximate surface area is 249 Å². The molecule has 4 aromatic rings. The summed E-state index contributed by atoms with van der Waals surface area (Å²) in [5, 5.41) is 8.69. The maximum atomic E-state index is 13.4. The van der Waals surface area contributed by atoms with E-state index in [1.165, 1.54) is 11.8 Å². The number of amides is 3. The van der Waals surface area contributed by atoms with Crippen LogP contribution in [0.3, 0.4) is 0 Å². The van der Waals surface area contributed by atoms with Gasteiger partial charge in [0, 0.05) is 26.9 Å². The molecule has 0 heterocycles. The molecule has 0 aliphatic rings. The van der Waals surface area contributed by atoms with Gasteiger partial charge in [-0.05, 0) is 80.4 Å². The summed E-state index contributed by atoms with van der Waals surface area (Å²) in [7, 11) is 0. The number of rotatable bonds is 9. The number of thioether (sulfide) groups is 1. The minimum atomic E-state index is -0.473. The molecule has 8 heteroatoms. The van der Waals surface area contributed by atoms with Crippen molar-refractivity contribution in [2.75, 3.05) is 10.6 Å². The van der Waals surface area contributed by atoms with Crippen molar-refractivity contribution in [3.05, 3.63) is 130 Å². The number of hydrogen-bond acceptors (Lipinski definition) is 4. The highest BCUT2D eigenvalue weighted by Gasteiger charge is 2.18. The molecular formula is C33H30ClN3O3S. The van der Waals surface area contributed by atoms with Crippen molar-refractivity contribution in [3.63, 3.8) is 0 Å². The highest BCUT2D eigenvalue weighted by molar-refractivity contribution is 8.00. The minimum Gasteiger partial charge on any atom is -0.325 e. The average Bonchev–Trinajstić information content (AvgIpc) is 2.96. The fourth-order valence-corrected chi connectivity index (χ4v) is 4.94. The molecule has 1 unspecified atom stereocenters. The summed E-state index contributed by atoms with van der Waals surface area (Å²) in [6.07, 6.45) is 1.64. The van der Waals surface area contributed by atoms with Crippen molar-refractivity contribution in [1.82, 2.24) is 5.32 Å². The summed E-state index contributed by atoms with van der Waals surface area (Å²) in [5.74, 6) is -1.03. The number of halogens is 1. The Balaban J connectivity index is 1.48. The first-order valence-corrected chi connectivity index (χ1v) is 14.2. The van der Waals surface area contributed by atoms with Crippen molar-refractivity contribution < 1.29 is 14.4 Å². The van der Waals surface area contributed by atoms with Crippen molar-refractivity contribution in [1.29, 1.82) is 0 Å². The maximum Gasteiger partial charge on any atom is 0.272 e. The normalized spacial score (nSPS) is 11.9. The van der Waals surface area contributed by atoms with E-state index in [1.807, 2.05) is 63.2 Å². The third-order valence-corrected chi connectivity index (χ3v) is 7.48. The molecule has 0 spiro atoms. The van der Waals surface area contributed by atoms with E-state index >= 15 is 0 Å². The summed E-state index contributed by atoms with van der Waals surface area (Å²) >= 11 is 7.44. The topological polar surface area (TPSA) is 87.3 Å². The molecule has 6 nitrogen and oxygen atoms in total. The first-order valence-electron chi connectivity index (χ1n) is 13.0. The Bertz CT molecular complexity index is 1590. The molecule has 0 aliphatic heterocycles. The number of aryl methyl sites for hydroxylation is 2. The van der Waals surface area contributed by atoms with Gasteiger partial charge in [-0.15, -0.1) is 11.8 Å². The van der Waals surface area contributed by atoms with Crippen LogP contribution in [0.2, 0.25) is 5.02 Å². The highest BCUT2D eigenvalue weighted by atomic mass is 35.5. The van der Waals surface area contributed by atoms with Gasteiger partial charge >= 0.3 is 0 Å². The van der Waals surface area contributed by atoms with E-state index in [1.54, 1.807) is 60.7 Å². The number of hydrogen-bond donors (Lipinski definition) is 3. The molecule has 0 aromatic heterocycles. The van der Waals surface area contributed by atoms with Crippen LogP contribution in [0, 0.1) is 13.8 Å². The largest absolute Gasteiger partial charge is 0.325 e. The Hall–Kier alpha value is -4.33. The van der Waals surface area contributed by atoms with E-state index in [0.29, 0.717) is 22.0 Å². The number of carbonyl (C=O) groups excluding carboxylic acids is 3. The van der Waals surface area contributed by atoms with Crippen LogP contribution in [0.1, 0.15) is 34.0 Å². The van der Waals surface area contributed by atoms with Gasteiger partial charge < -0.3 is 16.0 Å². The van der Waals surface area contributed by atoms with Crippen molar-refractivity contribution >= 4 is 58.5 Å². The molecule has 4 aromatic carbocycles. The lowest BCUT2D eigenvalue weighted by Gasteiger charge is -2.15. The monoisotopic (exact) mass is 583 g/mol. The van der Waals surface area contributed by atoms with Gasteiger partial charge in [-0.3, -0.25) is 14.4 Å². The Morgan fingerprint density at radius 1 is 0.829 bits per heavy atom. The molecule has 3 amide bonds. The summed E-state index contributed by atoms with van der Waals surface area (Å²) in [6.45, 7) is 5.69. The zero-order valence-corrected chi connectivity index (χ0v) is 24.5. The van der Waals surface area contributed by atoms with Crippen LogP contribution in [0.5, 0.6) is 0 Å². The zero-order chi connectivity index (χ0) is 29.4. The van der Waals surface area contributed by atoms with Gasteiger partial charge in [0.25, 0.3) is 11.8 Å². The molecule has 0 saturated carbocycles. The maximum absolute atomic E-state index is 13.4. The SMILES string of the molecule is Cc1ccc(/C=C(/NC(=O)c2ccccc2)C(=O)Nc2cccc(SC(C)C(=O)Nc3cc(Cl)ccc3C)c2)cc1. The predicted molar refractivity (Wildman–Crippen MR) is 168 cm³/mol. The number of anilines is 2. The van der Waals surface area contributed by atoms with Crippen LogP contribution < -0.4 is 16.0 Å². The Morgan fingerprint density at radius 2 is 1.56 bits per heavy atom. The molecule has 208 valence electrons.